The Bertz CT molecular complexity index is 1390. The number of pyridine rings is 1. The van der Waals surface area contributed by atoms with Gasteiger partial charge in [0.2, 0.25) is 0 Å². The molecule has 4 rings (SSSR count). The molecular weight excluding hydrogens is 527 g/mol. The van der Waals surface area contributed by atoms with Crippen LogP contribution < -0.4 is 9.21 Å². The molecule has 0 amide bonds. The van der Waals surface area contributed by atoms with Crippen molar-refractivity contribution in [2.24, 2.45) is 0 Å². The van der Waals surface area contributed by atoms with E-state index in [0.29, 0.717) is 31.0 Å². The van der Waals surface area contributed by atoms with Gasteiger partial charge < -0.3 is 4.90 Å². The predicted molar refractivity (Wildman–Crippen MR) is 136 cm³/mol. The zero-order valence-corrected chi connectivity index (χ0v) is 21.7. The van der Waals surface area contributed by atoms with Crippen molar-refractivity contribution in [3.8, 4) is 11.1 Å². The summed E-state index contributed by atoms with van der Waals surface area (Å²) in [6, 6.07) is 7.81. The normalized spacial score (nSPS) is 15.1. The third-order valence-electron chi connectivity index (χ3n) is 6.41. The summed E-state index contributed by atoms with van der Waals surface area (Å²) in [5.74, 6) is -1.33. The third kappa shape index (κ3) is 5.91. The van der Waals surface area contributed by atoms with E-state index in [1.807, 2.05) is 4.90 Å². The van der Waals surface area contributed by atoms with Gasteiger partial charge in [0.05, 0.1) is 16.1 Å². The number of alkyl halides is 3. The molecule has 1 aliphatic rings. The highest BCUT2D eigenvalue weighted by atomic mass is 32.2. The second-order valence-corrected chi connectivity index (χ2v) is 11.0. The minimum absolute atomic E-state index is 0.0773. The summed E-state index contributed by atoms with van der Waals surface area (Å²) in [6.45, 7) is 5.53. The number of rotatable bonds is 7. The van der Waals surface area contributed by atoms with Crippen LogP contribution in [0.15, 0.2) is 59.6 Å². The molecule has 38 heavy (non-hydrogen) atoms. The highest BCUT2D eigenvalue weighted by molar-refractivity contribution is 7.92. The molecule has 1 aromatic heterocycles. The van der Waals surface area contributed by atoms with Gasteiger partial charge in [-0.3, -0.25) is 9.21 Å². The van der Waals surface area contributed by atoms with Crippen LogP contribution in [0.4, 0.5) is 33.5 Å². The predicted octanol–water partition coefficient (Wildman–Crippen LogP) is 5.40. The molecule has 0 bridgehead atoms. The van der Waals surface area contributed by atoms with Crippen LogP contribution in [0.25, 0.3) is 11.1 Å². The van der Waals surface area contributed by atoms with Crippen LogP contribution >= 0.6 is 0 Å². The molecule has 0 unspecified atom stereocenters. The van der Waals surface area contributed by atoms with Crippen molar-refractivity contribution in [2.75, 3.05) is 49.0 Å². The Morgan fingerprint density at radius 1 is 0.947 bits per heavy atom. The molecule has 0 aliphatic carbocycles. The number of sulfonamides is 1. The smallest absolute Gasteiger partial charge is 0.352 e. The van der Waals surface area contributed by atoms with Crippen molar-refractivity contribution in [3.05, 3.63) is 71.9 Å². The van der Waals surface area contributed by atoms with E-state index in [1.165, 1.54) is 19.3 Å². The van der Waals surface area contributed by atoms with Crippen molar-refractivity contribution in [1.29, 1.82) is 0 Å². The molecule has 0 spiro atoms. The molecular formula is C26H27F5N4O2S. The van der Waals surface area contributed by atoms with E-state index < -0.39 is 38.3 Å². The van der Waals surface area contributed by atoms with E-state index in [2.05, 4.69) is 16.8 Å². The van der Waals surface area contributed by atoms with Crippen LogP contribution in [0.3, 0.4) is 0 Å². The summed E-state index contributed by atoms with van der Waals surface area (Å²) in [5, 5.41) is 0. The maximum absolute atomic E-state index is 13.9. The topological polar surface area (TPSA) is 56.8 Å². The number of piperazine rings is 1. The Balaban J connectivity index is 1.79. The molecule has 0 N–H and O–H groups in total. The Hall–Kier alpha value is -3.25. The minimum Gasteiger partial charge on any atom is -0.352 e. The Labute approximate surface area is 218 Å². The lowest BCUT2D eigenvalue weighted by molar-refractivity contribution is -0.137. The van der Waals surface area contributed by atoms with Gasteiger partial charge in [-0.05, 0) is 54.9 Å². The maximum Gasteiger partial charge on any atom is 0.416 e. The van der Waals surface area contributed by atoms with Gasteiger partial charge in [-0.2, -0.15) is 13.2 Å². The van der Waals surface area contributed by atoms with Gasteiger partial charge in [0.1, 0.15) is 11.6 Å². The first kappa shape index (κ1) is 27.8. The highest BCUT2D eigenvalue weighted by Gasteiger charge is 2.33. The first-order valence-electron chi connectivity index (χ1n) is 12.0. The lowest BCUT2D eigenvalue weighted by Gasteiger charge is -2.37. The van der Waals surface area contributed by atoms with E-state index in [0.717, 1.165) is 60.7 Å². The summed E-state index contributed by atoms with van der Waals surface area (Å²) in [6.07, 6.45) is -2.34. The number of nitrogens with zero attached hydrogens (tertiary/aromatic N) is 4. The molecule has 204 valence electrons. The first-order chi connectivity index (χ1) is 17.9. The second kappa shape index (κ2) is 10.9. The van der Waals surface area contributed by atoms with Gasteiger partial charge in [0.25, 0.3) is 10.0 Å². The van der Waals surface area contributed by atoms with Crippen molar-refractivity contribution in [3.63, 3.8) is 0 Å². The summed E-state index contributed by atoms with van der Waals surface area (Å²) in [5.41, 5.74) is -0.631. The fourth-order valence-electron chi connectivity index (χ4n) is 4.42. The fourth-order valence-corrected chi connectivity index (χ4v) is 5.66. The fraction of sp³-hybridized carbons (Fsp3) is 0.346. The van der Waals surface area contributed by atoms with Crippen LogP contribution in [0.2, 0.25) is 0 Å². The van der Waals surface area contributed by atoms with Crippen LogP contribution in [0.5, 0.6) is 0 Å². The molecule has 0 atom stereocenters. The van der Waals surface area contributed by atoms with Crippen molar-refractivity contribution < 1.29 is 30.4 Å². The summed E-state index contributed by atoms with van der Waals surface area (Å²) >= 11 is 0. The minimum atomic E-state index is -4.73. The summed E-state index contributed by atoms with van der Waals surface area (Å²) in [4.78, 5) is 8.09. The molecule has 6 nitrogen and oxygen atoms in total. The molecule has 0 saturated carbocycles. The molecule has 12 heteroatoms. The quantitative estimate of drug-likeness (QED) is 0.366. The number of anilines is 2. The lowest BCUT2D eigenvalue weighted by atomic mass is 10.1. The zero-order chi connectivity index (χ0) is 27.7. The van der Waals surface area contributed by atoms with Gasteiger partial charge in [0, 0.05) is 51.1 Å². The monoisotopic (exact) mass is 554 g/mol. The van der Waals surface area contributed by atoms with Gasteiger partial charge in [-0.1, -0.05) is 13.0 Å². The number of benzene rings is 2. The van der Waals surface area contributed by atoms with Gasteiger partial charge in [-0.15, -0.1) is 0 Å². The van der Waals surface area contributed by atoms with Crippen molar-refractivity contribution in [2.45, 2.75) is 24.4 Å². The van der Waals surface area contributed by atoms with Crippen LogP contribution in [-0.2, 0) is 16.2 Å². The number of hydrogen-bond donors (Lipinski definition) is 0. The van der Waals surface area contributed by atoms with E-state index >= 15 is 0 Å². The van der Waals surface area contributed by atoms with Gasteiger partial charge in [0.15, 0.2) is 5.82 Å². The number of halogens is 5. The molecule has 1 fully saturated rings. The molecule has 1 aliphatic heterocycles. The largest absolute Gasteiger partial charge is 0.416 e. The Kier molecular flexibility index (Phi) is 7.93. The van der Waals surface area contributed by atoms with E-state index in [-0.39, 0.29) is 16.8 Å². The third-order valence-corrected chi connectivity index (χ3v) is 8.18. The maximum atomic E-state index is 13.9. The molecule has 3 aromatic rings. The second-order valence-electron chi connectivity index (χ2n) is 9.05. The van der Waals surface area contributed by atoms with E-state index in [1.54, 1.807) is 0 Å². The Morgan fingerprint density at radius 2 is 1.61 bits per heavy atom. The SMILES string of the molecule is CCCN1CCN(c2ncc(-c3cc(F)cc(F)c3)cc2N(C)S(=O)(=O)c2cccc(C(F)(F)F)c2)CC1. The van der Waals surface area contributed by atoms with Crippen LogP contribution in [0, 0.1) is 11.6 Å². The van der Waals surface area contributed by atoms with E-state index in [9.17, 15) is 30.4 Å². The first-order valence-corrected chi connectivity index (χ1v) is 13.4. The molecule has 2 aromatic carbocycles. The van der Waals surface area contributed by atoms with Crippen molar-refractivity contribution in [1.82, 2.24) is 9.88 Å². The number of aromatic nitrogens is 1. The summed E-state index contributed by atoms with van der Waals surface area (Å²) in [7, 11) is -3.24. The average Bonchev–Trinajstić information content (AvgIpc) is 2.87. The van der Waals surface area contributed by atoms with Crippen LogP contribution in [0.1, 0.15) is 18.9 Å². The molecule has 0 radical (unpaired) electrons. The summed E-state index contributed by atoms with van der Waals surface area (Å²) < 4.78 is 95.6. The Morgan fingerprint density at radius 3 is 2.21 bits per heavy atom. The van der Waals surface area contributed by atoms with E-state index in [4.69, 9.17) is 0 Å². The standard InChI is InChI=1S/C26H27F5N4O2S/c1-3-7-34-8-10-35(11-9-34)25-24(14-19(17-32-25)18-12-21(27)16-22(28)13-18)33(2)38(36,37)23-6-4-5-20(15-23)26(29,30)31/h4-6,12-17H,3,7-11H2,1-2H3. The lowest BCUT2D eigenvalue weighted by Crippen LogP contribution is -2.47. The number of hydrogen-bond acceptors (Lipinski definition) is 5. The van der Waals surface area contributed by atoms with Crippen LogP contribution in [-0.4, -0.2) is 58.1 Å². The zero-order valence-electron chi connectivity index (χ0n) is 20.8. The van der Waals surface area contributed by atoms with Crippen molar-refractivity contribution >= 4 is 21.5 Å². The molecule has 2 heterocycles. The average molecular weight is 555 g/mol. The van der Waals surface area contributed by atoms with Gasteiger partial charge in [-0.25, -0.2) is 22.2 Å². The highest BCUT2D eigenvalue weighted by Crippen LogP contribution is 2.36. The van der Waals surface area contributed by atoms with Gasteiger partial charge >= 0.3 is 6.18 Å². The molecule has 1 saturated heterocycles.